The average molecular weight is 315 g/mol. The number of hydrogen-bond donors (Lipinski definition) is 1. The number of amides is 1. The SMILES string of the molecule is O=C(O)C1CN(C(=O)CC2CCCCCC2)Cc2ccccc21. The zero-order valence-electron chi connectivity index (χ0n) is 13.5. The maximum absolute atomic E-state index is 12.7. The van der Waals surface area contributed by atoms with Gasteiger partial charge in [-0.1, -0.05) is 49.9 Å². The first-order chi connectivity index (χ1) is 11.1. The first-order valence-electron chi connectivity index (χ1n) is 8.73. The lowest BCUT2D eigenvalue weighted by Gasteiger charge is -2.33. The van der Waals surface area contributed by atoms with Gasteiger partial charge in [0.2, 0.25) is 5.91 Å². The molecule has 124 valence electrons. The molecule has 1 aromatic carbocycles. The summed E-state index contributed by atoms with van der Waals surface area (Å²) in [5, 5.41) is 9.51. The molecule has 4 nitrogen and oxygen atoms in total. The van der Waals surface area contributed by atoms with Crippen molar-refractivity contribution in [3.8, 4) is 0 Å². The molecule has 0 radical (unpaired) electrons. The minimum Gasteiger partial charge on any atom is -0.481 e. The molecule has 0 aromatic heterocycles. The number of benzene rings is 1. The number of carboxylic acids is 1. The summed E-state index contributed by atoms with van der Waals surface area (Å²) in [4.78, 5) is 26.0. The van der Waals surface area contributed by atoms with Crippen molar-refractivity contribution in [2.75, 3.05) is 6.54 Å². The van der Waals surface area contributed by atoms with Crippen LogP contribution in [0.1, 0.15) is 62.0 Å². The summed E-state index contributed by atoms with van der Waals surface area (Å²) in [6.07, 6.45) is 7.86. The van der Waals surface area contributed by atoms with Crippen LogP contribution in [-0.4, -0.2) is 28.4 Å². The van der Waals surface area contributed by atoms with Gasteiger partial charge in [-0.3, -0.25) is 9.59 Å². The second-order valence-electron chi connectivity index (χ2n) is 6.93. The molecule has 0 bridgehead atoms. The molecule has 1 heterocycles. The van der Waals surface area contributed by atoms with Crippen molar-refractivity contribution in [1.29, 1.82) is 0 Å². The highest BCUT2D eigenvalue weighted by molar-refractivity contribution is 5.81. The minimum atomic E-state index is -0.843. The second kappa shape index (κ2) is 7.16. The highest BCUT2D eigenvalue weighted by Gasteiger charge is 2.32. The zero-order valence-corrected chi connectivity index (χ0v) is 13.5. The maximum Gasteiger partial charge on any atom is 0.312 e. The Bertz CT molecular complexity index is 576. The van der Waals surface area contributed by atoms with Crippen LogP contribution < -0.4 is 0 Å². The molecule has 1 aromatic rings. The number of carbonyl (C=O) groups is 2. The van der Waals surface area contributed by atoms with Crippen LogP contribution in [0.4, 0.5) is 0 Å². The van der Waals surface area contributed by atoms with Gasteiger partial charge in [0.1, 0.15) is 0 Å². The van der Waals surface area contributed by atoms with E-state index in [1.807, 2.05) is 24.3 Å². The molecule has 0 saturated heterocycles. The molecule has 1 atom stereocenters. The molecule has 1 fully saturated rings. The molecule has 3 rings (SSSR count). The third kappa shape index (κ3) is 3.74. The van der Waals surface area contributed by atoms with Gasteiger partial charge in [-0.25, -0.2) is 0 Å². The highest BCUT2D eigenvalue weighted by Crippen LogP contribution is 2.31. The van der Waals surface area contributed by atoms with Gasteiger partial charge >= 0.3 is 5.97 Å². The summed E-state index contributed by atoms with van der Waals surface area (Å²) in [7, 11) is 0. The van der Waals surface area contributed by atoms with E-state index in [0.29, 0.717) is 25.4 Å². The molecule has 1 saturated carbocycles. The van der Waals surface area contributed by atoms with Gasteiger partial charge in [-0.05, 0) is 29.9 Å². The lowest BCUT2D eigenvalue weighted by Crippen LogP contribution is -2.41. The Morgan fingerprint density at radius 1 is 1.09 bits per heavy atom. The third-order valence-electron chi connectivity index (χ3n) is 5.28. The van der Waals surface area contributed by atoms with Gasteiger partial charge in [-0.15, -0.1) is 0 Å². The van der Waals surface area contributed by atoms with Crippen LogP contribution in [0.3, 0.4) is 0 Å². The highest BCUT2D eigenvalue weighted by atomic mass is 16.4. The van der Waals surface area contributed by atoms with Crippen LogP contribution in [0.25, 0.3) is 0 Å². The summed E-state index contributed by atoms with van der Waals surface area (Å²) in [5.74, 6) is -0.842. The first-order valence-corrected chi connectivity index (χ1v) is 8.73. The molecule has 2 aliphatic rings. The molecule has 1 amide bonds. The van der Waals surface area contributed by atoms with Crippen LogP contribution in [0, 0.1) is 5.92 Å². The lowest BCUT2D eigenvalue weighted by atomic mass is 9.89. The average Bonchev–Trinajstić information content (AvgIpc) is 2.82. The van der Waals surface area contributed by atoms with E-state index in [1.165, 1.54) is 25.7 Å². The maximum atomic E-state index is 12.7. The molecule has 1 N–H and O–H groups in total. The number of carboxylic acid groups (broad SMARTS) is 1. The fourth-order valence-electron chi connectivity index (χ4n) is 3.95. The summed E-state index contributed by atoms with van der Waals surface area (Å²) >= 11 is 0. The van der Waals surface area contributed by atoms with Gasteiger partial charge < -0.3 is 10.0 Å². The zero-order chi connectivity index (χ0) is 16.2. The van der Waals surface area contributed by atoms with E-state index in [9.17, 15) is 14.7 Å². The Morgan fingerprint density at radius 2 is 1.78 bits per heavy atom. The van der Waals surface area contributed by atoms with Gasteiger partial charge in [-0.2, -0.15) is 0 Å². The smallest absolute Gasteiger partial charge is 0.312 e. The fraction of sp³-hybridized carbons (Fsp3) is 0.579. The second-order valence-corrected chi connectivity index (χ2v) is 6.93. The molecular formula is C19H25NO3. The summed E-state index contributed by atoms with van der Waals surface area (Å²) in [6, 6.07) is 7.60. The number of hydrogen-bond acceptors (Lipinski definition) is 2. The van der Waals surface area contributed by atoms with E-state index in [1.54, 1.807) is 4.90 Å². The van der Waals surface area contributed by atoms with E-state index in [2.05, 4.69) is 0 Å². The van der Waals surface area contributed by atoms with E-state index < -0.39 is 11.9 Å². The van der Waals surface area contributed by atoms with Crippen molar-refractivity contribution in [1.82, 2.24) is 4.90 Å². The minimum absolute atomic E-state index is 0.123. The number of nitrogens with zero attached hydrogens (tertiary/aromatic N) is 1. The van der Waals surface area contributed by atoms with Crippen molar-refractivity contribution in [2.24, 2.45) is 5.92 Å². The number of fused-ring (bicyclic) bond motifs is 1. The summed E-state index contributed by atoms with van der Waals surface area (Å²) in [6.45, 7) is 0.851. The monoisotopic (exact) mass is 315 g/mol. The van der Waals surface area contributed by atoms with Crippen molar-refractivity contribution >= 4 is 11.9 Å². The number of aliphatic carboxylic acids is 1. The Hall–Kier alpha value is -1.84. The van der Waals surface area contributed by atoms with Gasteiger partial charge in [0.15, 0.2) is 0 Å². The van der Waals surface area contributed by atoms with Gasteiger partial charge in [0.05, 0.1) is 5.92 Å². The quantitative estimate of drug-likeness (QED) is 0.868. The molecule has 23 heavy (non-hydrogen) atoms. The van der Waals surface area contributed by atoms with E-state index in [0.717, 1.165) is 24.0 Å². The van der Waals surface area contributed by atoms with Gasteiger partial charge in [0.25, 0.3) is 0 Å². The number of carbonyl (C=O) groups excluding carboxylic acids is 1. The normalized spacial score (nSPS) is 22.3. The first kappa shape index (κ1) is 16.0. The van der Waals surface area contributed by atoms with E-state index >= 15 is 0 Å². The molecule has 4 heteroatoms. The Balaban J connectivity index is 1.70. The molecule has 1 aliphatic carbocycles. The largest absolute Gasteiger partial charge is 0.481 e. The van der Waals surface area contributed by atoms with Crippen LogP contribution in [0.2, 0.25) is 0 Å². The fourth-order valence-corrected chi connectivity index (χ4v) is 3.95. The topological polar surface area (TPSA) is 57.6 Å². The van der Waals surface area contributed by atoms with Crippen molar-refractivity contribution < 1.29 is 14.7 Å². The van der Waals surface area contributed by atoms with Crippen LogP contribution in [0.15, 0.2) is 24.3 Å². The molecule has 1 aliphatic heterocycles. The molecule has 0 spiro atoms. The number of rotatable bonds is 3. The Labute approximate surface area is 137 Å². The standard InChI is InChI=1S/C19H25NO3/c21-18(11-14-7-3-1-2-4-8-14)20-12-15-9-5-6-10-16(15)17(13-20)19(22)23/h5-6,9-10,14,17H,1-4,7-8,11-13H2,(H,22,23). The predicted octanol–water partition coefficient (Wildman–Crippen LogP) is 3.56. The Morgan fingerprint density at radius 3 is 2.48 bits per heavy atom. The molecular weight excluding hydrogens is 290 g/mol. The summed E-state index contributed by atoms with van der Waals surface area (Å²) < 4.78 is 0. The van der Waals surface area contributed by atoms with Crippen molar-refractivity contribution in [3.05, 3.63) is 35.4 Å². The van der Waals surface area contributed by atoms with Gasteiger partial charge in [0, 0.05) is 19.5 Å². The van der Waals surface area contributed by atoms with Crippen LogP contribution in [0.5, 0.6) is 0 Å². The van der Waals surface area contributed by atoms with Crippen molar-refractivity contribution in [2.45, 2.75) is 57.4 Å². The van der Waals surface area contributed by atoms with Crippen molar-refractivity contribution in [3.63, 3.8) is 0 Å². The predicted molar refractivity (Wildman–Crippen MR) is 88.0 cm³/mol. The van der Waals surface area contributed by atoms with E-state index in [4.69, 9.17) is 0 Å². The third-order valence-corrected chi connectivity index (χ3v) is 5.28. The van der Waals surface area contributed by atoms with Crippen LogP contribution in [-0.2, 0) is 16.1 Å². The van der Waals surface area contributed by atoms with E-state index in [-0.39, 0.29) is 5.91 Å². The molecule has 1 unspecified atom stereocenters. The summed E-state index contributed by atoms with van der Waals surface area (Å²) in [5.41, 5.74) is 1.83. The van der Waals surface area contributed by atoms with Crippen LogP contribution >= 0.6 is 0 Å². The Kier molecular flexibility index (Phi) is 4.99. The lowest BCUT2D eigenvalue weighted by molar-refractivity contribution is -0.141.